The number of hydrogen-bond donors (Lipinski definition) is 1. The summed E-state index contributed by atoms with van der Waals surface area (Å²) in [4.78, 5) is 26.4. The summed E-state index contributed by atoms with van der Waals surface area (Å²) < 4.78 is 37.6. The first-order valence-electron chi connectivity index (χ1n) is 9.81. The van der Waals surface area contributed by atoms with E-state index in [1.54, 1.807) is 17.0 Å². The molecule has 2 heterocycles. The molecular weight excluding hydrogens is 408 g/mol. The number of furan rings is 1. The fourth-order valence-electron chi connectivity index (χ4n) is 3.62. The average molecular weight is 435 g/mol. The largest absolute Gasteiger partial charge is 0.468 e. The average Bonchev–Trinajstić information content (AvgIpc) is 3.23. The van der Waals surface area contributed by atoms with Gasteiger partial charge in [0, 0.05) is 13.1 Å². The molecule has 0 unspecified atom stereocenters. The van der Waals surface area contributed by atoms with Gasteiger partial charge in [0.1, 0.15) is 5.76 Å². The number of likely N-dealkylation sites (tertiary alicyclic amines) is 1. The Kier molecular flexibility index (Phi) is 6.94. The minimum atomic E-state index is -3.85. The van der Waals surface area contributed by atoms with E-state index in [1.165, 1.54) is 30.5 Å². The van der Waals surface area contributed by atoms with Crippen molar-refractivity contribution in [2.75, 3.05) is 19.7 Å². The molecule has 1 aliphatic heterocycles. The SMILES string of the molecule is C[C@@H]1C[C@@H](C)CN(C(=O)COC(=O)c2cccc(S(=O)(=O)NCc3ccco3)c2)C1. The third kappa shape index (κ3) is 5.70. The summed E-state index contributed by atoms with van der Waals surface area (Å²) in [6, 6.07) is 8.81. The molecule has 8 nitrogen and oxygen atoms in total. The number of nitrogens with zero attached hydrogens (tertiary/aromatic N) is 1. The van der Waals surface area contributed by atoms with Gasteiger partial charge in [0.25, 0.3) is 5.91 Å². The molecule has 30 heavy (non-hydrogen) atoms. The van der Waals surface area contributed by atoms with Crippen LogP contribution < -0.4 is 4.72 Å². The highest BCUT2D eigenvalue weighted by Gasteiger charge is 2.26. The number of benzene rings is 1. The van der Waals surface area contributed by atoms with E-state index in [1.807, 2.05) is 0 Å². The number of piperidine rings is 1. The summed E-state index contributed by atoms with van der Waals surface area (Å²) in [5.74, 6) is 0.289. The molecule has 0 bridgehead atoms. The van der Waals surface area contributed by atoms with Crippen molar-refractivity contribution in [2.45, 2.75) is 31.7 Å². The molecule has 1 amide bonds. The first-order valence-corrected chi connectivity index (χ1v) is 11.3. The minimum Gasteiger partial charge on any atom is -0.468 e. The van der Waals surface area contributed by atoms with Crippen molar-refractivity contribution >= 4 is 21.9 Å². The maximum atomic E-state index is 12.5. The quantitative estimate of drug-likeness (QED) is 0.671. The van der Waals surface area contributed by atoms with Crippen LogP contribution in [0, 0.1) is 11.8 Å². The fraction of sp³-hybridized carbons (Fsp3) is 0.429. The number of ether oxygens (including phenoxy) is 1. The van der Waals surface area contributed by atoms with Gasteiger partial charge in [0.15, 0.2) is 6.61 Å². The highest BCUT2D eigenvalue weighted by atomic mass is 32.2. The van der Waals surface area contributed by atoms with Crippen molar-refractivity contribution in [3.05, 3.63) is 54.0 Å². The van der Waals surface area contributed by atoms with Gasteiger partial charge in [-0.2, -0.15) is 0 Å². The molecule has 162 valence electrons. The first kappa shape index (κ1) is 22.0. The van der Waals surface area contributed by atoms with Crippen molar-refractivity contribution in [1.29, 1.82) is 0 Å². The third-order valence-corrected chi connectivity index (χ3v) is 6.34. The van der Waals surface area contributed by atoms with Crippen molar-refractivity contribution in [3.63, 3.8) is 0 Å². The molecule has 1 aliphatic rings. The van der Waals surface area contributed by atoms with E-state index in [-0.39, 0.29) is 29.5 Å². The fourth-order valence-corrected chi connectivity index (χ4v) is 4.66. The van der Waals surface area contributed by atoms with Crippen LogP contribution in [0.5, 0.6) is 0 Å². The maximum absolute atomic E-state index is 12.5. The summed E-state index contributed by atoms with van der Waals surface area (Å²) >= 11 is 0. The number of amides is 1. The molecule has 2 atom stereocenters. The van der Waals surface area contributed by atoms with Gasteiger partial charge in [-0.05, 0) is 48.6 Å². The van der Waals surface area contributed by atoms with E-state index in [0.717, 1.165) is 6.42 Å². The molecule has 0 saturated carbocycles. The summed E-state index contributed by atoms with van der Waals surface area (Å²) in [6.45, 7) is 5.10. The Morgan fingerprint density at radius 3 is 2.57 bits per heavy atom. The van der Waals surface area contributed by atoms with Crippen LogP contribution in [0.1, 0.15) is 36.4 Å². The third-order valence-electron chi connectivity index (χ3n) is 4.94. The zero-order valence-corrected chi connectivity index (χ0v) is 17.9. The Morgan fingerprint density at radius 2 is 1.90 bits per heavy atom. The molecule has 1 N–H and O–H groups in total. The Hall–Kier alpha value is -2.65. The van der Waals surface area contributed by atoms with Crippen molar-refractivity contribution in [1.82, 2.24) is 9.62 Å². The van der Waals surface area contributed by atoms with E-state index >= 15 is 0 Å². The predicted octanol–water partition coefficient (Wildman–Crippen LogP) is 2.42. The van der Waals surface area contributed by atoms with Crippen LogP contribution in [0.15, 0.2) is 52.0 Å². The monoisotopic (exact) mass is 434 g/mol. The smallest absolute Gasteiger partial charge is 0.338 e. The number of carbonyl (C=O) groups is 2. The van der Waals surface area contributed by atoms with Gasteiger partial charge in [-0.25, -0.2) is 17.9 Å². The molecule has 2 aromatic rings. The Bertz CT molecular complexity index is 977. The highest BCUT2D eigenvalue weighted by molar-refractivity contribution is 7.89. The molecule has 0 radical (unpaired) electrons. The topological polar surface area (TPSA) is 106 Å². The van der Waals surface area contributed by atoms with Crippen molar-refractivity contribution in [2.24, 2.45) is 11.8 Å². The zero-order valence-electron chi connectivity index (χ0n) is 17.0. The molecule has 0 spiro atoms. The molecule has 1 fully saturated rings. The van der Waals surface area contributed by atoms with E-state index < -0.39 is 16.0 Å². The second-order valence-corrected chi connectivity index (χ2v) is 9.52. The number of carbonyl (C=O) groups excluding carboxylic acids is 2. The van der Waals surface area contributed by atoms with Crippen molar-refractivity contribution in [3.8, 4) is 0 Å². The molecule has 0 aliphatic carbocycles. The summed E-state index contributed by atoms with van der Waals surface area (Å²) in [6.07, 6.45) is 2.52. The number of hydrogen-bond acceptors (Lipinski definition) is 6. The van der Waals surface area contributed by atoms with Crippen LogP contribution in [0.3, 0.4) is 0 Å². The van der Waals surface area contributed by atoms with E-state index in [0.29, 0.717) is 30.7 Å². The Morgan fingerprint density at radius 1 is 1.17 bits per heavy atom. The molecule has 1 aromatic carbocycles. The summed E-state index contributed by atoms with van der Waals surface area (Å²) in [5, 5.41) is 0. The van der Waals surface area contributed by atoms with Gasteiger partial charge < -0.3 is 14.1 Å². The Labute approximate surface area is 176 Å². The van der Waals surface area contributed by atoms with Crippen LogP contribution in [0.2, 0.25) is 0 Å². The molecule has 1 saturated heterocycles. The van der Waals surface area contributed by atoms with Crippen LogP contribution in [0.4, 0.5) is 0 Å². The minimum absolute atomic E-state index is 0.00874. The van der Waals surface area contributed by atoms with E-state index in [2.05, 4.69) is 18.6 Å². The molecule has 1 aromatic heterocycles. The molecule has 3 rings (SSSR count). The van der Waals surface area contributed by atoms with Crippen molar-refractivity contribution < 1.29 is 27.2 Å². The Balaban J connectivity index is 1.59. The maximum Gasteiger partial charge on any atom is 0.338 e. The van der Waals surface area contributed by atoms with Crippen LogP contribution >= 0.6 is 0 Å². The lowest BCUT2D eigenvalue weighted by Crippen LogP contribution is -2.44. The molecule has 9 heteroatoms. The van der Waals surface area contributed by atoms with Crippen LogP contribution in [-0.2, 0) is 26.1 Å². The van der Waals surface area contributed by atoms with Gasteiger partial charge >= 0.3 is 5.97 Å². The number of esters is 1. The van der Waals surface area contributed by atoms with Gasteiger partial charge in [-0.15, -0.1) is 0 Å². The summed E-state index contributed by atoms with van der Waals surface area (Å²) in [5.41, 5.74) is 0.0593. The lowest BCUT2D eigenvalue weighted by atomic mass is 9.92. The number of nitrogens with one attached hydrogen (secondary N) is 1. The molecular formula is C21H26N2O6S. The second-order valence-electron chi connectivity index (χ2n) is 7.75. The standard InChI is InChI=1S/C21H26N2O6S/c1-15-9-16(2)13-23(12-15)20(24)14-29-21(25)17-5-3-7-19(10-17)30(26,27)22-11-18-6-4-8-28-18/h3-8,10,15-16,22H,9,11-14H2,1-2H3/t15-,16-/m1/s1. The predicted molar refractivity (Wildman–Crippen MR) is 109 cm³/mol. The van der Waals surface area contributed by atoms with Gasteiger partial charge in [0.2, 0.25) is 10.0 Å². The number of rotatable bonds is 7. The van der Waals surface area contributed by atoms with Crippen LogP contribution in [-0.4, -0.2) is 44.9 Å². The lowest BCUT2D eigenvalue weighted by Gasteiger charge is -2.34. The highest BCUT2D eigenvalue weighted by Crippen LogP contribution is 2.21. The van der Waals surface area contributed by atoms with E-state index in [4.69, 9.17) is 9.15 Å². The second kappa shape index (κ2) is 9.44. The van der Waals surface area contributed by atoms with Gasteiger partial charge in [-0.1, -0.05) is 19.9 Å². The normalized spacial score (nSPS) is 19.5. The zero-order chi connectivity index (χ0) is 21.7. The van der Waals surface area contributed by atoms with E-state index in [9.17, 15) is 18.0 Å². The first-order chi connectivity index (χ1) is 14.2. The number of sulfonamides is 1. The summed E-state index contributed by atoms with van der Waals surface area (Å²) in [7, 11) is -3.85. The van der Waals surface area contributed by atoms with Crippen LogP contribution in [0.25, 0.3) is 0 Å². The van der Waals surface area contributed by atoms with Gasteiger partial charge in [0.05, 0.1) is 23.3 Å². The lowest BCUT2D eigenvalue weighted by molar-refractivity contribution is -0.137. The van der Waals surface area contributed by atoms with Gasteiger partial charge in [-0.3, -0.25) is 4.79 Å².